The van der Waals surface area contributed by atoms with Gasteiger partial charge in [-0.2, -0.15) is 0 Å². The largest absolute Gasteiger partial charge is 0.465 e. The molecule has 0 fully saturated rings. The molecule has 2 N–H and O–H groups in total. The first-order valence-electron chi connectivity index (χ1n) is 6.52. The average molecular weight is 319 g/mol. The molecular weight excluding hydrogens is 304 g/mol. The van der Waals surface area contributed by atoms with Crippen molar-refractivity contribution in [1.82, 2.24) is 0 Å². The summed E-state index contributed by atoms with van der Waals surface area (Å²) in [6.45, 7) is 1.79. The summed E-state index contributed by atoms with van der Waals surface area (Å²) in [4.78, 5) is 23.4. The highest BCUT2D eigenvalue weighted by molar-refractivity contribution is 6.30. The van der Waals surface area contributed by atoms with Crippen molar-refractivity contribution in [2.24, 2.45) is 0 Å². The number of ether oxygens (including phenoxy) is 1. The number of aryl methyl sites for hydroxylation is 1. The number of urea groups is 1. The third-order valence-corrected chi connectivity index (χ3v) is 3.21. The van der Waals surface area contributed by atoms with Crippen molar-refractivity contribution >= 4 is 35.0 Å². The molecule has 0 radical (unpaired) electrons. The van der Waals surface area contributed by atoms with Gasteiger partial charge in [0.15, 0.2) is 0 Å². The molecule has 2 rings (SSSR count). The number of anilines is 2. The van der Waals surface area contributed by atoms with Crippen molar-refractivity contribution in [3.63, 3.8) is 0 Å². The number of hydrogen-bond acceptors (Lipinski definition) is 3. The van der Waals surface area contributed by atoms with Crippen LogP contribution in [-0.2, 0) is 4.74 Å². The number of amides is 2. The van der Waals surface area contributed by atoms with Gasteiger partial charge in [-0.25, -0.2) is 9.59 Å². The van der Waals surface area contributed by atoms with E-state index in [1.54, 1.807) is 49.4 Å². The molecule has 2 aromatic rings. The van der Waals surface area contributed by atoms with Crippen molar-refractivity contribution < 1.29 is 14.3 Å². The summed E-state index contributed by atoms with van der Waals surface area (Å²) in [7, 11) is 1.32. The van der Waals surface area contributed by atoms with E-state index in [-0.39, 0.29) is 0 Å². The van der Waals surface area contributed by atoms with Gasteiger partial charge < -0.3 is 15.4 Å². The van der Waals surface area contributed by atoms with Gasteiger partial charge in [-0.3, -0.25) is 0 Å². The lowest BCUT2D eigenvalue weighted by molar-refractivity contribution is 0.0600. The Bertz CT molecular complexity index is 716. The Labute approximate surface area is 133 Å². The second-order valence-electron chi connectivity index (χ2n) is 4.61. The Morgan fingerprint density at radius 3 is 2.50 bits per heavy atom. The molecule has 6 heteroatoms. The summed E-state index contributed by atoms with van der Waals surface area (Å²) in [6, 6.07) is 11.4. The second-order valence-corrected chi connectivity index (χ2v) is 5.05. The van der Waals surface area contributed by atoms with E-state index in [0.717, 1.165) is 5.56 Å². The van der Waals surface area contributed by atoms with Gasteiger partial charge in [-0.15, -0.1) is 0 Å². The van der Waals surface area contributed by atoms with E-state index < -0.39 is 12.0 Å². The Kier molecular flexibility index (Phi) is 5.01. The summed E-state index contributed by atoms with van der Waals surface area (Å²) in [6.07, 6.45) is 0. The van der Waals surface area contributed by atoms with Gasteiger partial charge in [0.1, 0.15) is 0 Å². The molecule has 0 spiro atoms. The van der Waals surface area contributed by atoms with Crippen molar-refractivity contribution in [3.05, 3.63) is 58.6 Å². The van der Waals surface area contributed by atoms with E-state index in [1.165, 1.54) is 7.11 Å². The summed E-state index contributed by atoms with van der Waals surface area (Å²) in [5.41, 5.74) is 2.38. The zero-order valence-electron chi connectivity index (χ0n) is 12.1. The zero-order chi connectivity index (χ0) is 16.1. The lowest BCUT2D eigenvalue weighted by Gasteiger charge is -2.11. The highest BCUT2D eigenvalue weighted by Gasteiger charge is 2.09. The number of carbonyl (C=O) groups is 2. The number of carbonyl (C=O) groups excluding carboxylic acids is 2. The van der Waals surface area contributed by atoms with Crippen LogP contribution < -0.4 is 10.6 Å². The minimum Gasteiger partial charge on any atom is -0.465 e. The van der Waals surface area contributed by atoms with Crippen LogP contribution in [-0.4, -0.2) is 19.1 Å². The van der Waals surface area contributed by atoms with Gasteiger partial charge in [0.2, 0.25) is 0 Å². The predicted octanol–water partition coefficient (Wildman–Crippen LogP) is 4.08. The predicted molar refractivity (Wildman–Crippen MR) is 86.6 cm³/mol. The molecule has 22 heavy (non-hydrogen) atoms. The summed E-state index contributed by atoms with van der Waals surface area (Å²) in [5.74, 6) is -0.418. The number of methoxy groups -OCH3 is 1. The highest BCUT2D eigenvalue weighted by atomic mass is 35.5. The summed E-state index contributed by atoms with van der Waals surface area (Å²) < 4.78 is 4.65. The molecule has 0 aliphatic heterocycles. The van der Waals surface area contributed by atoms with Crippen LogP contribution in [0, 0.1) is 6.92 Å². The lowest BCUT2D eigenvalue weighted by atomic mass is 10.1. The van der Waals surface area contributed by atoms with Crippen molar-refractivity contribution in [1.29, 1.82) is 0 Å². The molecule has 0 saturated heterocycles. The Balaban J connectivity index is 2.07. The second kappa shape index (κ2) is 6.95. The highest BCUT2D eigenvalue weighted by Crippen LogP contribution is 2.19. The fourth-order valence-electron chi connectivity index (χ4n) is 1.90. The standard InChI is InChI=1S/C16H15ClN2O3/c1-10-8-11(15(20)22-2)6-7-14(10)19-16(21)18-13-5-3-4-12(17)9-13/h3-9H,1-2H3,(H2,18,19,21). The van der Waals surface area contributed by atoms with Crippen molar-refractivity contribution in [3.8, 4) is 0 Å². The van der Waals surface area contributed by atoms with Gasteiger partial charge in [0, 0.05) is 16.4 Å². The number of hydrogen-bond donors (Lipinski definition) is 2. The first-order chi connectivity index (χ1) is 10.5. The van der Waals surface area contributed by atoms with E-state index in [1.807, 2.05) is 0 Å². The van der Waals surface area contributed by atoms with E-state index >= 15 is 0 Å². The molecule has 0 atom stereocenters. The first kappa shape index (κ1) is 15.9. The molecule has 2 amide bonds. The topological polar surface area (TPSA) is 67.4 Å². The number of esters is 1. The third kappa shape index (κ3) is 3.99. The maximum absolute atomic E-state index is 12.0. The number of benzene rings is 2. The lowest BCUT2D eigenvalue weighted by Crippen LogP contribution is -2.20. The molecule has 114 valence electrons. The minimum absolute atomic E-state index is 0.392. The molecule has 0 aliphatic carbocycles. The monoisotopic (exact) mass is 318 g/mol. The quantitative estimate of drug-likeness (QED) is 0.838. The summed E-state index contributed by atoms with van der Waals surface area (Å²) >= 11 is 5.86. The number of nitrogens with one attached hydrogen (secondary N) is 2. The Hall–Kier alpha value is -2.53. The van der Waals surface area contributed by atoms with Crippen LogP contribution in [0.3, 0.4) is 0 Å². The fourth-order valence-corrected chi connectivity index (χ4v) is 2.09. The molecule has 0 aromatic heterocycles. The molecule has 0 unspecified atom stereocenters. The maximum atomic E-state index is 12.0. The van der Waals surface area contributed by atoms with Crippen LogP contribution >= 0.6 is 11.6 Å². The normalized spacial score (nSPS) is 9.95. The SMILES string of the molecule is COC(=O)c1ccc(NC(=O)Nc2cccc(Cl)c2)c(C)c1. The number of rotatable bonds is 3. The maximum Gasteiger partial charge on any atom is 0.337 e. The molecule has 5 nitrogen and oxygen atoms in total. The molecule has 0 aliphatic rings. The smallest absolute Gasteiger partial charge is 0.337 e. The van der Waals surface area contributed by atoms with Gasteiger partial charge in [-0.1, -0.05) is 17.7 Å². The Morgan fingerprint density at radius 1 is 1.09 bits per heavy atom. The van der Waals surface area contributed by atoms with Crippen LogP contribution in [0.1, 0.15) is 15.9 Å². The summed E-state index contributed by atoms with van der Waals surface area (Å²) in [5, 5.41) is 5.94. The van der Waals surface area contributed by atoms with E-state index in [4.69, 9.17) is 11.6 Å². The zero-order valence-corrected chi connectivity index (χ0v) is 12.9. The molecule has 0 heterocycles. The third-order valence-electron chi connectivity index (χ3n) is 2.98. The molecule has 2 aromatic carbocycles. The molecular formula is C16H15ClN2O3. The van der Waals surface area contributed by atoms with E-state index in [9.17, 15) is 9.59 Å². The molecule has 0 bridgehead atoms. The van der Waals surface area contributed by atoms with Gasteiger partial charge in [0.05, 0.1) is 12.7 Å². The van der Waals surface area contributed by atoms with Crippen LogP contribution in [0.4, 0.5) is 16.2 Å². The van der Waals surface area contributed by atoms with Crippen LogP contribution in [0.15, 0.2) is 42.5 Å². The van der Waals surface area contributed by atoms with Crippen molar-refractivity contribution in [2.45, 2.75) is 6.92 Å². The average Bonchev–Trinajstić information content (AvgIpc) is 2.48. The fraction of sp³-hybridized carbons (Fsp3) is 0.125. The van der Waals surface area contributed by atoms with E-state index in [0.29, 0.717) is 22.0 Å². The Morgan fingerprint density at radius 2 is 1.86 bits per heavy atom. The van der Waals surface area contributed by atoms with Crippen LogP contribution in [0.5, 0.6) is 0 Å². The van der Waals surface area contributed by atoms with Gasteiger partial charge >= 0.3 is 12.0 Å². The van der Waals surface area contributed by atoms with Gasteiger partial charge in [-0.05, 0) is 48.9 Å². The van der Waals surface area contributed by atoms with Crippen LogP contribution in [0.2, 0.25) is 5.02 Å². The minimum atomic E-state index is -0.418. The van der Waals surface area contributed by atoms with Crippen LogP contribution in [0.25, 0.3) is 0 Å². The van der Waals surface area contributed by atoms with E-state index in [2.05, 4.69) is 15.4 Å². The van der Waals surface area contributed by atoms with Crippen molar-refractivity contribution in [2.75, 3.05) is 17.7 Å². The first-order valence-corrected chi connectivity index (χ1v) is 6.90. The number of halogens is 1. The molecule has 0 saturated carbocycles. The van der Waals surface area contributed by atoms with Gasteiger partial charge in [0.25, 0.3) is 0 Å².